The number of allylic oxidation sites excluding steroid dienone is 8. The minimum Gasteiger partial charge on any atom is -1.00 e. The average molecular weight is 530 g/mol. The SMILES string of the molecule is CC1=[C-]C(CC2(C(C)C)C=CC=CC2)([SiH2]c2cc(C)cc(C)c2)C(C)=C1C.[Cl-].[Cl-].[Cl-].[Ti+4]. The van der Waals surface area contributed by atoms with Crippen molar-refractivity contribution in [1.82, 2.24) is 0 Å². The molecule has 31 heavy (non-hydrogen) atoms. The van der Waals surface area contributed by atoms with Gasteiger partial charge in [0.15, 0.2) is 0 Å². The van der Waals surface area contributed by atoms with E-state index in [-0.39, 0.29) is 69.4 Å². The Hall–Kier alpha value is -0.0188. The van der Waals surface area contributed by atoms with E-state index >= 15 is 0 Å². The van der Waals surface area contributed by atoms with E-state index < -0.39 is 9.52 Å². The van der Waals surface area contributed by atoms with Crippen molar-refractivity contribution in [3.8, 4) is 0 Å². The Morgan fingerprint density at radius 1 is 0.935 bits per heavy atom. The van der Waals surface area contributed by atoms with Gasteiger partial charge >= 0.3 is 21.7 Å². The van der Waals surface area contributed by atoms with Crippen LogP contribution >= 0.6 is 0 Å². The first-order chi connectivity index (χ1) is 12.7. The Balaban J connectivity index is 0. The summed E-state index contributed by atoms with van der Waals surface area (Å²) in [5.74, 6) is 0.625. The molecule has 0 spiro atoms. The molecule has 2 atom stereocenters. The van der Waals surface area contributed by atoms with Gasteiger partial charge in [0.1, 0.15) is 0 Å². The third-order valence-electron chi connectivity index (χ3n) is 7.01. The topological polar surface area (TPSA) is 0 Å². The van der Waals surface area contributed by atoms with Crippen LogP contribution in [-0.2, 0) is 21.7 Å². The summed E-state index contributed by atoms with van der Waals surface area (Å²) in [6.45, 7) is 16.2. The van der Waals surface area contributed by atoms with Gasteiger partial charge < -0.3 is 37.2 Å². The molecule has 2 aliphatic rings. The van der Waals surface area contributed by atoms with Crippen LogP contribution in [0.1, 0.15) is 58.6 Å². The van der Waals surface area contributed by atoms with Crippen molar-refractivity contribution in [2.75, 3.05) is 0 Å². The standard InChI is InChI=1S/C26H35Si.3ClH.Ti/c1-18(2)25(11-9-8-10-12-25)17-26(16-21(5)22(6)23(26)7)27-24-14-19(3)13-20(4)15-24;;;;/h8-11,13-15,18H,12,17,27H2,1-7H3;3*1H;/q-1;;;;+4/p-3. The minimum atomic E-state index is -0.557. The second-order valence-electron chi connectivity index (χ2n) is 9.31. The number of rotatable bonds is 5. The third kappa shape index (κ3) is 6.98. The fourth-order valence-corrected chi connectivity index (χ4v) is 8.15. The maximum atomic E-state index is 4.03. The molecule has 0 amide bonds. The Morgan fingerprint density at radius 3 is 1.94 bits per heavy atom. The van der Waals surface area contributed by atoms with Gasteiger partial charge in [-0.25, -0.2) is 5.57 Å². The van der Waals surface area contributed by atoms with E-state index in [2.05, 4.69) is 97.0 Å². The van der Waals surface area contributed by atoms with E-state index in [1.165, 1.54) is 28.7 Å². The molecule has 3 rings (SSSR count). The maximum Gasteiger partial charge on any atom is 4.00 e. The number of hydrogen-bond donors (Lipinski definition) is 0. The van der Waals surface area contributed by atoms with Crippen LogP contribution in [0, 0.1) is 31.3 Å². The number of aryl methyl sites for hydroxylation is 2. The van der Waals surface area contributed by atoms with Crippen LogP contribution in [0.4, 0.5) is 0 Å². The van der Waals surface area contributed by atoms with Crippen LogP contribution in [0.2, 0.25) is 5.04 Å². The zero-order valence-corrected chi connectivity index (χ0v) is 25.1. The van der Waals surface area contributed by atoms with E-state index in [0.717, 1.165) is 6.42 Å². The van der Waals surface area contributed by atoms with Crippen LogP contribution in [0.25, 0.3) is 0 Å². The molecule has 0 aromatic heterocycles. The Labute approximate surface area is 226 Å². The van der Waals surface area contributed by atoms with Gasteiger partial charge in [-0.1, -0.05) is 98.0 Å². The molecule has 0 nitrogen and oxygen atoms in total. The smallest absolute Gasteiger partial charge is 1.00 e. The van der Waals surface area contributed by atoms with Crippen LogP contribution in [-0.4, -0.2) is 9.52 Å². The Kier molecular flexibility index (Phi) is 13.9. The molecule has 0 aliphatic heterocycles. The Morgan fingerprint density at radius 2 is 1.52 bits per heavy atom. The predicted octanol–water partition coefficient (Wildman–Crippen LogP) is -3.09. The van der Waals surface area contributed by atoms with Gasteiger partial charge in [-0.2, -0.15) is 11.1 Å². The van der Waals surface area contributed by atoms with Gasteiger partial charge in [0.2, 0.25) is 0 Å². The summed E-state index contributed by atoms with van der Waals surface area (Å²) in [6, 6.07) is 7.15. The molecule has 0 saturated carbocycles. The zero-order valence-electron chi connectivity index (χ0n) is 19.9. The van der Waals surface area contributed by atoms with Crippen molar-refractivity contribution in [2.45, 2.75) is 66.3 Å². The van der Waals surface area contributed by atoms with Gasteiger partial charge in [-0.15, -0.1) is 6.92 Å². The van der Waals surface area contributed by atoms with E-state index in [0.29, 0.717) is 5.92 Å². The summed E-state index contributed by atoms with van der Waals surface area (Å²) in [7, 11) is -0.557. The first kappa shape index (κ1) is 33.2. The van der Waals surface area contributed by atoms with Crippen molar-refractivity contribution in [3.05, 3.63) is 76.4 Å². The first-order valence-corrected chi connectivity index (χ1v) is 11.8. The van der Waals surface area contributed by atoms with Gasteiger partial charge in [0.25, 0.3) is 0 Å². The molecule has 2 aliphatic carbocycles. The van der Waals surface area contributed by atoms with Crippen LogP contribution in [0.15, 0.2) is 59.2 Å². The van der Waals surface area contributed by atoms with Gasteiger partial charge in [-0.3, -0.25) is 6.08 Å². The molecule has 168 valence electrons. The fourth-order valence-electron chi connectivity index (χ4n) is 5.13. The van der Waals surface area contributed by atoms with Gasteiger partial charge in [0, 0.05) is 9.52 Å². The van der Waals surface area contributed by atoms with Gasteiger partial charge in [0.05, 0.1) is 0 Å². The van der Waals surface area contributed by atoms with E-state index in [1.54, 1.807) is 10.8 Å². The molecule has 0 radical (unpaired) electrons. The quantitative estimate of drug-likeness (QED) is 0.280. The van der Waals surface area contributed by atoms with Crippen LogP contribution < -0.4 is 42.4 Å². The average Bonchev–Trinajstić information content (AvgIpc) is 2.78. The van der Waals surface area contributed by atoms with Crippen molar-refractivity contribution in [1.29, 1.82) is 0 Å². The van der Waals surface area contributed by atoms with Crippen molar-refractivity contribution < 1.29 is 58.9 Å². The van der Waals surface area contributed by atoms with E-state index in [4.69, 9.17) is 0 Å². The third-order valence-corrected chi connectivity index (χ3v) is 9.39. The molecule has 1 aromatic rings. The first-order valence-electron chi connectivity index (χ1n) is 10.4. The van der Waals surface area contributed by atoms with E-state index in [1.807, 2.05) is 0 Å². The molecule has 0 N–H and O–H groups in total. The van der Waals surface area contributed by atoms with Gasteiger partial charge in [-0.05, 0) is 31.6 Å². The summed E-state index contributed by atoms with van der Waals surface area (Å²) in [5.41, 5.74) is 7.45. The molecule has 0 saturated heterocycles. The van der Waals surface area contributed by atoms with Crippen molar-refractivity contribution in [2.24, 2.45) is 11.3 Å². The second-order valence-corrected chi connectivity index (χ2v) is 11.7. The van der Waals surface area contributed by atoms with Crippen molar-refractivity contribution in [3.63, 3.8) is 0 Å². The summed E-state index contributed by atoms with van der Waals surface area (Å²) in [6.07, 6.45) is 15.7. The second kappa shape index (κ2) is 13.0. The molecule has 2 unspecified atom stereocenters. The molecular formula is C26H35Cl3SiTi. The van der Waals surface area contributed by atoms with E-state index in [9.17, 15) is 0 Å². The van der Waals surface area contributed by atoms with Crippen LogP contribution in [0.3, 0.4) is 0 Å². The predicted molar refractivity (Wildman–Crippen MR) is 122 cm³/mol. The largest absolute Gasteiger partial charge is 4.00 e. The number of hydrogen-bond acceptors (Lipinski definition) is 0. The maximum absolute atomic E-state index is 4.03. The summed E-state index contributed by atoms with van der Waals surface area (Å²) in [5, 5.41) is 1.71. The normalized spacial score (nSPS) is 24.5. The number of benzene rings is 1. The molecule has 1 aromatic carbocycles. The van der Waals surface area contributed by atoms with Crippen molar-refractivity contribution >= 4 is 14.7 Å². The molecule has 0 heterocycles. The Bertz CT molecular complexity index is 849. The monoisotopic (exact) mass is 528 g/mol. The molecule has 0 fully saturated rings. The molecular weight excluding hydrogens is 495 g/mol. The molecule has 0 bridgehead atoms. The summed E-state index contributed by atoms with van der Waals surface area (Å²) < 4.78 is 0. The fraction of sp³-hybridized carbons (Fsp3) is 0.462. The summed E-state index contributed by atoms with van der Waals surface area (Å²) >= 11 is 0. The molecule has 5 heteroatoms. The zero-order chi connectivity index (χ0) is 19.8. The van der Waals surface area contributed by atoms with Crippen LogP contribution in [0.5, 0.6) is 0 Å². The minimum absolute atomic E-state index is 0. The summed E-state index contributed by atoms with van der Waals surface area (Å²) in [4.78, 5) is 0. The number of halogens is 3.